The largest absolute Gasteiger partial charge is 0.497 e. The van der Waals surface area contributed by atoms with E-state index < -0.39 is 28.5 Å². The second-order valence-electron chi connectivity index (χ2n) is 7.99. The highest BCUT2D eigenvalue weighted by Crippen LogP contribution is 2.27. The minimum absolute atomic E-state index is 0.0764. The maximum absolute atomic E-state index is 13.6. The molecule has 0 radical (unpaired) electrons. The van der Waals surface area contributed by atoms with Gasteiger partial charge in [-0.15, -0.1) is 0 Å². The Labute approximate surface area is 216 Å². The van der Waals surface area contributed by atoms with E-state index >= 15 is 0 Å². The molecule has 0 unspecified atom stereocenters. The molecule has 0 aliphatic rings. The minimum atomic E-state index is -4.04. The minimum Gasteiger partial charge on any atom is -0.497 e. The van der Waals surface area contributed by atoms with Gasteiger partial charge in [0, 0.05) is 5.02 Å². The number of nitrogens with zero attached hydrogens (tertiary/aromatic N) is 1. The van der Waals surface area contributed by atoms with Gasteiger partial charge in [-0.1, -0.05) is 78.3 Å². The molecular weight excluding hydrogens is 496 g/mol. The highest BCUT2D eigenvalue weighted by molar-refractivity contribution is 7.92. The number of hydrogen-bond donors (Lipinski definition) is 1. The Morgan fingerprint density at radius 2 is 1.47 bits per heavy atom. The molecule has 0 fully saturated rings. The molecule has 0 heterocycles. The molecule has 0 aliphatic heterocycles. The second-order valence-corrected chi connectivity index (χ2v) is 10.3. The predicted molar refractivity (Wildman–Crippen MR) is 142 cm³/mol. The molecule has 36 heavy (non-hydrogen) atoms. The van der Waals surface area contributed by atoms with Crippen LogP contribution in [0.5, 0.6) is 5.75 Å². The van der Waals surface area contributed by atoms with Crippen molar-refractivity contribution in [2.45, 2.75) is 10.9 Å². The fourth-order valence-corrected chi connectivity index (χ4v) is 5.42. The number of nitrogens with one attached hydrogen (secondary N) is 1. The van der Waals surface area contributed by atoms with E-state index in [-0.39, 0.29) is 4.90 Å². The zero-order chi connectivity index (χ0) is 25.5. The van der Waals surface area contributed by atoms with Gasteiger partial charge in [0.2, 0.25) is 5.91 Å². The maximum Gasteiger partial charge on any atom is 0.264 e. The van der Waals surface area contributed by atoms with Gasteiger partial charge >= 0.3 is 0 Å². The lowest BCUT2D eigenvalue weighted by atomic mass is 9.98. The van der Waals surface area contributed by atoms with Gasteiger partial charge in [0.05, 0.1) is 23.7 Å². The quantitative estimate of drug-likeness (QED) is 0.318. The van der Waals surface area contributed by atoms with E-state index in [9.17, 15) is 13.2 Å². The summed E-state index contributed by atoms with van der Waals surface area (Å²) in [5.74, 6) is 0.220. The van der Waals surface area contributed by atoms with Gasteiger partial charge < -0.3 is 10.1 Å². The van der Waals surface area contributed by atoms with Gasteiger partial charge in [0.15, 0.2) is 0 Å². The number of carbonyl (C=O) groups excluding carboxylic acids is 1. The number of rotatable bonds is 9. The van der Waals surface area contributed by atoms with Crippen molar-refractivity contribution < 1.29 is 17.9 Å². The normalized spacial score (nSPS) is 11.9. The van der Waals surface area contributed by atoms with Crippen LogP contribution >= 0.6 is 11.6 Å². The number of ether oxygens (including phenoxy) is 1. The lowest BCUT2D eigenvalue weighted by Gasteiger charge is -2.26. The monoisotopic (exact) mass is 520 g/mol. The van der Waals surface area contributed by atoms with Gasteiger partial charge in [-0.2, -0.15) is 0 Å². The maximum atomic E-state index is 13.6. The molecule has 1 N–H and O–H groups in total. The average molecular weight is 521 g/mol. The van der Waals surface area contributed by atoms with E-state index in [4.69, 9.17) is 16.3 Å². The number of carbonyl (C=O) groups is 1. The zero-order valence-electron chi connectivity index (χ0n) is 19.5. The molecule has 4 aromatic carbocycles. The Morgan fingerprint density at radius 3 is 2.08 bits per heavy atom. The number of anilines is 1. The van der Waals surface area contributed by atoms with Crippen molar-refractivity contribution in [2.75, 3.05) is 18.0 Å². The summed E-state index contributed by atoms with van der Waals surface area (Å²) in [5, 5.41) is 3.37. The summed E-state index contributed by atoms with van der Waals surface area (Å²) >= 11 is 6.16. The smallest absolute Gasteiger partial charge is 0.264 e. The molecule has 0 bridgehead atoms. The molecule has 1 amide bonds. The molecule has 0 spiro atoms. The number of amides is 1. The fraction of sp³-hybridized carbons (Fsp3) is 0.107. The molecule has 1 atom stereocenters. The average Bonchev–Trinajstić information content (AvgIpc) is 2.91. The van der Waals surface area contributed by atoms with Gasteiger partial charge in [-0.05, 0) is 53.6 Å². The Hall–Kier alpha value is -3.81. The van der Waals surface area contributed by atoms with Gasteiger partial charge in [0.25, 0.3) is 10.0 Å². The third kappa shape index (κ3) is 5.87. The first kappa shape index (κ1) is 25.3. The predicted octanol–water partition coefficient (Wildman–Crippen LogP) is 5.45. The molecule has 4 rings (SSSR count). The topological polar surface area (TPSA) is 75.7 Å². The summed E-state index contributed by atoms with van der Waals surface area (Å²) in [5.41, 5.74) is 1.98. The highest BCUT2D eigenvalue weighted by atomic mass is 35.5. The van der Waals surface area contributed by atoms with Crippen LogP contribution in [0.1, 0.15) is 17.2 Å². The van der Waals surface area contributed by atoms with Crippen molar-refractivity contribution in [1.29, 1.82) is 0 Å². The molecule has 0 aliphatic carbocycles. The number of benzene rings is 4. The highest BCUT2D eigenvalue weighted by Gasteiger charge is 2.28. The van der Waals surface area contributed by atoms with Gasteiger partial charge in [-0.3, -0.25) is 9.10 Å². The molecule has 8 heteroatoms. The Balaban J connectivity index is 1.67. The Bertz CT molecular complexity index is 1410. The standard InChI is InChI=1S/C28H25ClN2O4S/c1-35-25-17-15-22(16-18-25)28(21-9-4-2-5-10-21)30-27(32)20-31(24-12-8-11-23(29)19-24)36(33,34)26-13-6-3-7-14-26/h2-19,28H,20H2,1H3,(H,30,32)/t28-/m0/s1. The lowest BCUT2D eigenvalue weighted by molar-refractivity contribution is -0.120. The number of methoxy groups -OCH3 is 1. The van der Waals surface area contributed by atoms with Crippen LogP contribution in [0.3, 0.4) is 0 Å². The van der Waals surface area contributed by atoms with E-state index in [0.29, 0.717) is 16.5 Å². The molecule has 0 saturated heterocycles. The summed E-state index contributed by atoms with van der Waals surface area (Å²) in [6, 6.07) is 30.8. The summed E-state index contributed by atoms with van der Waals surface area (Å²) in [6.45, 7) is -0.433. The third-order valence-electron chi connectivity index (χ3n) is 5.60. The molecule has 184 valence electrons. The fourth-order valence-electron chi connectivity index (χ4n) is 3.80. The molecule has 0 aromatic heterocycles. The summed E-state index contributed by atoms with van der Waals surface area (Å²) < 4.78 is 33.5. The van der Waals surface area contributed by atoms with E-state index in [1.54, 1.807) is 43.5 Å². The van der Waals surface area contributed by atoms with Crippen LogP contribution in [-0.4, -0.2) is 28.0 Å². The molecule has 4 aromatic rings. The third-order valence-corrected chi connectivity index (χ3v) is 7.63. The SMILES string of the molecule is COc1ccc([C@@H](NC(=O)CN(c2cccc(Cl)c2)S(=O)(=O)c2ccccc2)c2ccccc2)cc1. The summed E-state index contributed by atoms with van der Waals surface area (Å²) in [7, 11) is -2.46. The van der Waals surface area contributed by atoms with Crippen molar-refractivity contribution in [1.82, 2.24) is 5.32 Å². The Morgan fingerprint density at radius 1 is 0.861 bits per heavy atom. The first-order valence-electron chi connectivity index (χ1n) is 11.2. The van der Waals surface area contributed by atoms with Crippen LogP contribution in [-0.2, 0) is 14.8 Å². The van der Waals surface area contributed by atoms with Gasteiger partial charge in [0.1, 0.15) is 12.3 Å². The van der Waals surface area contributed by atoms with E-state index in [1.165, 1.54) is 18.2 Å². The van der Waals surface area contributed by atoms with Gasteiger partial charge in [-0.25, -0.2) is 8.42 Å². The van der Waals surface area contributed by atoms with Crippen LogP contribution in [0.25, 0.3) is 0 Å². The summed E-state index contributed by atoms with van der Waals surface area (Å²) in [6.07, 6.45) is 0. The summed E-state index contributed by atoms with van der Waals surface area (Å²) in [4.78, 5) is 13.5. The van der Waals surface area contributed by atoms with Crippen LogP contribution in [0.15, 0.2) is 114 Å². The van der Waals surface area contributed by atoms with Crippen LogP contribution in [0.4, 0.5) is 5.69 Å². The van der Waals surface area contributed by atoms with E-state index in [1.807, 2.05) is 54.6 Å². The molecule has 6 nitrogen and oxygen atoms in total. The second kappa shape index (κ2) is 11.3. The molecular formula is C28H25ClN2O4S. The number of halogens is 1. The number of hydrogen-bond acceptors (Lipinski definition) is 4. The van der Waals surface area contributed by atoms with Crippen molar-refractivity contribution in [3.05, 3.63) is 125 Å². The zero-order valence-corrected chi connectivity index (χ0v) is 21.1. The van der Waals surface area contributed by atoms with Crippen molar-refractivity contribution >= 4 is 33.2 Å². The van der Waals surface area contributed by atoms with Crippen LogP contribution < -0.4 is 14.4 Å². The van der Waals surface area contributed by atoms with E-state index in [2.05, 4.69) is 5.32 Å². The number of sulfonamides is 1. The first-order valence-corrected chi connectivity index (χ1v) is 13.0. The van der Waals surface area contributed by atoms with Crippen LogP contribution in [0.2, 0.25) is 5.02 Å². The van der Waals surface area contributed by atoms with E-state index in [0.717, 1.165) is 15.4 Å². The lowest BCUT2D eigenvalue weighted by Crippen LogP contribution is -2.42. The molecule has 0 saturated carbocycles. The van der Waals surface area contributed by atoms with Crippen LogP contribution in [0, 0.1) is 0 Å². The van der Waals surface area contributed by atoms with Crippen molar-refractivity contribution in [3.63, 3.8) is 0 Å². The van der Waals surface area contributed by atoms with Crippen molar-refractivity contribution in [2.24, 2.45) is 0 Å². The first-order chi connectivity index (χ1) is 17.4. The Kier molecular flexibility index (Phi) is 7.93. The van der Waals surface area contributed by atoms with Crippen molar-refractivity contribution in [3.8, 4) is 5.75 Å².